The molecule has 0 aliphatic heterocycles. The summed E-state index contributed by atoms with van der Waals surface area (Å²) in [4.78, 5) is 8.15. The molecule has 0 saturated heterocycles. The second kappa shape index (κ2) is 6.37. The molecule has 2 rings (SSSR count). The first kappa shape index (κ1) is 13.6. The lowest BCUT2D eigenvalue weighted by molar-refractivity contribution is 0.308. The van der Waals surface area contributed by atoms with Crippen LogP contribution in [0.2, 0.25) is 0 Å². The molecule has 1 saturated carbocycles. The minimum absolute atomic E-state index is 0.377. The van der Waals surface area contributed by atoms with Crippen LogP contribution in [0.3, 0.4) is 0 Å². The molecular weight excluding hydrogens is 222 g/mol. The van der Waals surface area contributed by atoms with Gasteiger partial charge in [-0.05, 0) is 32.2 Å². The minimum atomic E-state index is 0.377. The van der Waals surface area contributed by atoms with Gasteiger partial charge in [0, 0.05) is 18.2 Å². The summed E-state index contributed by atoms with van der Waals surface area (Å²) in [6.45, 7) is 7.64. The average molecular weight is 249 g/mol. The van der Waals surface area contributed by atoms with Gasteiger partial charge in [-0.25, -0.2) is 4.98 Å². The van der Waals surface area contributed by atoms with Crippen LogP contribution < -0.4 is 5.32 Å². The van der Waals surface area contributed by atoms with E-state index in [9.17, 15) is 0 Å². The Morgan fingerprint density at radius 3 is 3.00 bits per heavy atom. The highest BCUT2D eigenvalue weighted by atomic mass is 15.0. The predicted molar refractivity (Wildman–Crippen MR) is 75.7 cm³/mol. The Balaban J connectivity index is 2.00. The van der Waals surface area contributed by atoms with Crippen molar-refractivity contribution in [1.29, 1.82) is 0 Å². The number of nitrogens with one attached hydrogen (secondary N) is 2. The van der Waals surface area contributed by atoms with Crippen molar-refractivity contribution in [2.24, 2.45) is 5.92 Å². The zero-order valence-corrected chi connectivity index (χ0v) is 12.0. The molecule has 3 unspecified atom stereocenters. The Morgan fingerprint density at radius 2 is 2.28 bits per heavy atom. The van der Waals surface area contributed by atoms with Crippen LogP contribution in [-0.4, -0.2) is 16.5 Å². The van der Waals surface area contributed by atoms with Gasteiger partial charge in [0.1, 0.15) is 5.82 Å². The van der Waals surface area contributed by atoms with Crippen molar-refractivity contribution in [1.82, 2.24) is 15.3 Å². The number of H-pyrrole nitrogens is 1. The van der Waals surface area contributed by atoms with Gasteiger partial charge in [-0.3, -0.25) is 0 Å². The molecule has 0 aromatic carbocycles. The van der Waals surface area contributed by atoms with Gasteiger partial charge >= 0.3 is 0 Å². The van der Waals surface area contributed by atoms with E-state index in [2.05, 4.69) is 36.1 Å². The fourth-order valence-corrected chi connectivity index (χ4v) is 3.11. The quantitative estimate of drug-likeness (QED) is 0.834. The molecule has 18 heavy (non-hydrogen) atoms. The standard InChI is InChI=1S/C15H27N3/c1-4-12-7-6-8-13(9-12)15-17-10-14(18-15)11(3)16-5-2/h10-13,16H,4-9H2,1-3H3,(H,17,18). The molecule has 1 aromatic rings. The smallest absolute Gasteiger partial charge is 0.109 e. The van der Waals surface area contributed by atoms with E-state index in [1.165, 1.54) is 43.6 Å². The van der Waals surface area contributed by atoms with Crippen LogP contribution in [0.25, 0.3) is 0 Å². The predicted octanol–water partition coefficient (Wildman–Crippen LogP) is 3.76. The van der Waals surface area contributed by atoms with Crippen molar-refractivity contribution in [3.8, 4) is 0 Å². The SMILES string of the molecule is CCNC(C)c1cnc(C2CCCC(CC)C2)[nH]1. The van der Waals surface area contributed by atoms with Crippen LogP contribution in [0.1, 0.15) is 76.4 Å². The summed E-state index contributed by atoms with van der Waals surface area (Å²) >= 11 is 0. The van der Waals surface area contributed by atoms with Gasteiger partial charge in [0.25, 0.3) is 0 Å². The minimum Gasteiger partial charge on any atom is -0.344 e. The Kier molecular flexibility index (Phi) is 4.81. The number of hydrogen-bond acceptors (Lipinski definition) is 2. The van der Waals surface area contributed by atoms with Gasteiger partial charge in [0.15, 0.2) is 0 Å². The number of hydrogen-bond donors (Lipinski definition) is 2. The lowest BCUT2D eigenvalue weighted by Gasteiger charge is -2.27. The molecule has 3 atom stereocenters. The molecule has 1 aliphatic rings. The van der Waals surface area contributed by atoms with E-state index in [1.54, 1.807) is 0 Å². The van der Waals surface area contributed by atoms with E-state index in [0.29, 0.717) is 12.0 Å². The molecule has 2 N–H and O–H groups in total. The molecule has 3 heteroatoms. The Labute approximate surface area is 111 Å². The summed E-state index contributed by atoms with van der Waals surface area (Å²) in [5, 5.41) is 3.43. The highest BCUT2D eigenvalue weighted by Crippen LogP contribution is 2.36. The van der Waals surface area contributed by atoms with Crippen LogP contribution in [0.4, 0.5) is 0 Å². The van der Waals surface area contributed by atoms with Crippen molar-refractivity contribution in [2.45, 2.75) is 64.8 Å². The number of imidazole rings is 1. The summed E-state index contributed by atoms with van der Waals surface area (Å²) in [5.41, 5.74) is 1.23. The van der Waals surface area contributed by atoms with Crippen molar-refractivity contribution in [2.75, 3.05) is 6.54 Å². The highest BCUT2D eigenvalue weighted by Gasteiger charge is 2.24. The lowest BCUT2D eigenvalue weighted by Crippen LogP contribution is -2.18. The van der Waals surface area contributed by atoms with Crippen LogP contribution in [0, 0.1) is 5.92 Å². The number of nitrogens with zero attached hydrogens (tertiary/aromatic N) is 1. The van der Waals surface area contributed by atoms with Gasteiger partial charge in [-0.1, -0.05) is 33.1 Å². The van der Waals surface area contributed by atoms with Gasteiger partial charge in [0.05, 0.1) is 5.69 Å². The normalized spacial score (nSPS) is 26.2. The average Bonchev–Trinajstić information content (AvgIpc) is 2.89. The fourth-order valence-electron chi connectivity index (χ4n) is 3.11. The molecular formula is C15H27N3. The highest BCUT2D eigenvalue weighted by molar-refractivity contribution is 5.09. The topological polar surface area (TPSA) is 40.7 Å². The maximum atomic E-state index is 4.62. The fraction of sp³-hybridized carbons (Fsp3) is 0.800. The number of rotatable bonds is 5. The zero-order chi connectivity index (χ0) is 13.0. The lowest BCUT2D eigenvalue weighted by atomic mass is 9.80. The second-order valence-corrected chi connectivity index (χ2v) is 5.64. The Hall–Kier alpha value is -0.830. The molecule has 0 bridgehead atoms. The van der Waals surface area contributed by atoms with Crippen molar-refractivity contribution < 1.29 is 0 Å². The molecule has 1 aliphatic carbocycles. The number of aromatic amines is 1. The van der Waals surface area contributed by atoms with E-state index in [1.807, 2.05) is 6.20 Å². The summed E-state index contributed by atoms with van der Waals surface area (Å²) in [6, 6.07) is 0.377. The first-order valence-corrected chi connectivity index (χ1v) is 7.52. The van der Waals surface area contributed by atoms with E-state index < -0.39 is 0 Å². The zero-order valence-electron chi connectivity index (χ0n) is 12.0. The summed E-state index contributed by atoms with van der Waals surface area (Å²) in [7, 11) is 0. The maximum Gasteiger partial charge on any atom is 0.109 e. The third-order valence-electron chi connectivity index (χ3n) is 4.34. The van der Waals surface area contributed by atoms with Crippen molar-refractivity contribution in [3.05, 3.63) is 17.7 Å². The summed E-state index contributed by atoms with van der Waals surface area (Å²) < 4.78 is 0. The Bertz CT molecular complexity index is 358. The third-order valence-corrected chi connectivity index (χ3v) is 4.34. The van der Waals surface area contributed by atoms with Gasteiger partial charge < -0.3 is 10.3 Å². The van der Waals surface area contributed by atoms with Crippen LogP contribution >= 0.6 is 0 Å². The second-order valence-electron chi connectivity index (χ2n) is 5.64. The molecule has 0 amide bonds. The van der Waals surface area contributed by atoms with E-state index >= 15 is 0 Å². The van der Waals surface area contributed by atoms with Gasteiger partial charge in [0.2, 0.25) is 0 Å². The van der Waals surface area contributed by atoms with Crippen LogP contribution in [0.5, 0.6) is 0 Å². The molecule has 0 radical (unpaired) electrons. The largest absolute Gasteiger partial charge is 0.344 e. The van der Waals surface area contributed by atoms with E-state index in [0.717, 1.165) is 12.5 Å². The van der Waals surface area contributed by atoms with E-state index in [-0.39, 0.29) is 0 Å². The van der Waals surface area contributed by atoms with Gasteiger partial charge in [-0.15, -0.1) is 0 Å². The monoisotopic (exact) mass is 249 g/mol. The summed E-state index contributed by atoms with van der Waals surface area (Å²) in [6.07, 6.45) is 8.73. The maximum absolute atomic E-state index is 4.62. The van der Waals surface area contributed by atoms with Gasteiger partial charge in [-0.2, -0.15) is 0 Å². The molecule has 0 spiro atoms. The van der Waals surface area contributed by atoms with Crippen LogP contribution in [-0.2, 0) is 0 Å². The molecule has 1 heterocycles. The molecule has 102 valence electrons. The third kappa shape index (κ3) is 3.14. The van der Waals surface area contributed by atoms with Crippen molar-refractivity contribution in [3.63, 3.8) is 0 Å². The van der Waals surface area contributed by atoms with E-state index in [4.69, 9.17) is 0 Å². The summed E-state index contributed by atoms with van der Waals surface area (Å²) in [5.74, 6) is 2.78. The molecule has 1 aromatic heterocycles. The molecule has 1 fully saturated rings. The molecule has 3 nitrogen and oxygen atoms in total. The van der Waals surface area contributed by atoms with Crippen LogP contribution in [0.15, 0.2) is 6.20 Å². The first-order chi connectivity index (χ1) is 8.74. The van der Waals surface area contributed by atoms with Crippen molar-refractivity contribution >= 4 is 0 Å². The Morgan fingerprint density at radius 1 is 1.44 bits per heavy atom. The number of aromatic nitrogens is 2. The first-order valence-electron chi connectivity index (χ1n) is 7.52.